The van der Waals surface area contributed by atoms with E-state index < -0.39 is 0 Å². The molecule has 2 N–H and O–H groups in total. The quantitative estimate of drug-likeness (QED) is 0.719. The first-order valence-corrected chi connectivity index (χ1v) is 8.62. The number of carbonyl (C=O) groups excluding carboxylic acids is 1. The second-order valence-corrected chi connectivity index (χ2v) is 7.05. The highest BCUT2D eigenvalue weighted by molar-refractivity contribution is 6.31. The molecule has 1 heterocycles. The van der Waals surface area contributed by atoms with Gasteiger partial charge in [0.2, 0.25) is 5.91 Å². The number of benzene rings is 2. The maximum Gasteiger partial charge on any atom is 0.224 e. The average molecular weight is 339 g/mol. The first kappa shape index (κ1) is 15.3. The molecule has 0 bridgehead atoms. The maximum atomic E-state index is 12.2. The van der Waals surface area contributed by atoms with Crippen LogP contribution in [0, 0.1) is 0 Å². The van der Waals surface area contributed by atoms with Gasteiger partial charge in [-0.2, -0.15) is 0 Å². The van der Waals surface area contributed by atoms with Crippen LogP contribution in [0.2, 0.25) is 5.02 Å². The first-order valence-electron chi connectivity index (χ1n) is 8.24. The lowest BCUT2D eigenvalue weighted by Gasteiger charge is -2.16. The average Bonchev–Trinajstić information content (AvgIpc) is 3.26. The van der Waals surface area contributed by atoms with Gasteiger partial charge < -0.3 is 10.3 Å². The van der Waals surface area contributed by atoms with Gasteiger partial charge in [-0.25, -0.2) is 0 Å². The van der Waals surface area contributed by atoms with E-state index in [0.29, 0.717) is 13.0 Å². The number of aromatic amines is 1. The van der Waals surface area contributed by atoms with Gasteiger partial charge in [0.05, 0.1) is 6.42 Å². The van der Waals surface area contributed by atoms with Crippen molar-refractivity contribution < 1.29 is 4.79 Å². The maximum absolute atomic E-state index is 12.2. The molecule has 3 nitrogen and oxygen atoms in total. The summed E-state index contributed by atoms with van der Waals surface area (Å²) in [6.07, 6.45) is 4.68. The van der Waals surface area contributed by atoms with Crippen molar-refractivity contribution in [1.29, 1.82) is 0 Å². The molecule has 0 atom stereocenters. The number of fused-ring (bicyclic) bond motifs is 1. The van der Waals surface area contributed by atoms with E-state index in [9.17, 15) is 4.79 Å². The van der Waals surface area contributed by atoms with Gasteiger partial charge in [-0.1, -0.05) is 41.9 Å². The van der Waals surface area contributed by atoms with Crippen LogP contribution in [0.15, 0.2) is 54.7 Å². The number of H-pyrrole nitrogens is 1. The lowest BCUT2D eigenvalue weighted by molar-refractivity contribution is -0.120. The van der Waals surface area contributed by atoms with E-state index in [1.165, 1.54) is 5.56 Å². The van der Waals surface area contributed by atoms with Crippen molar-refractivity contribution in [1.82, 2.24) is 10.3 Å². The Labute approximate surface area is 146 Å². The molecular formula is C20H19ClN2O. The Kier molecular flexibility index (Phi) is 3.81. The zero-order chi connectivity index (χ0) is 16.6. The molecule has 1 fully saturated rings. The van der Waals surface area contributed by atoms with E-state index in [-0.39, 0.29) is 11.3 Å². The fourth-order valence-electron chi connectivity index (χ4n) is 3.34. The highest BCUT2D eigenvalue weighted by atomic mass is 35.5. The second-order valence-electron chi connectivity index (χ2n) is 6.61. The van der Waals surface area contributed by atoms with Crippen molar-refractivity contribution in [3.05, 3.63) is 70.9 Å². The van der Waals surface area contributed by atoms with E-state index >= 15 is 0 Å². The Bertz CT molecular complexity index is 881. The van der Waals surface area contributed by atoms with E-state index in [1.807, 2.05) is 48.5 Å². The summed E-state index contributed by atoms with van der Waals surface area (Å²) in [5.41, 5.74) is 3.45. The van der Waals surface area contributed by atoms with E-state index in [4.69, 9.17) is 11.6 Å². The molecular weight excluding hydrogens is 320 g/mol. The summed E-state index contributed by atoms with van der Waals surface area (Å²) in [5, 5.41) is 5.02. The Balaban J connectivity index is 1.47. The summed E-state index contributed by atoms with van der Waals surface area (Å²) in [6.45, 7) is 0.679. The minimum Gasteiger partial charge on any atom is -0.361 e. The Morgan fingerprint density at radius 3 is 2.71 bits per heavy atom. The van der Waals surface area contributed by atoms with Crippen LogP contribution >= 0.6 is 11.6 Å². The smallest absolute Gasteiger partial charge is 0.224 e. The number of aromatic nitrogens is 1. The van der Waals surface area contributed by atoms with Gasteiger partial charge in [0, 0.05) is 34.1 Å². The number of halogens is 1. The van der Waals surface area contributed by atoms with Crippen molar-refractivity contribution in [3.8, 4) is 0 Å². The van der Waals surface area contributed by atoms with Gasteiger partial charge >= 0.3 is 0 Å². The molecule has 0 radical (unpaired) electrons. The number of hydrogen-bond donors (Lipinski definition) is 2. The molecule has 0 unspecified atom stereocenters. The van der Waals surface area contributed by atoms with E-state index in [2.05, 4.69) is 16.5 Å². The van der Waals surface area contributed by atoms with Crippen molar-refractivity contribution in [2.45, 2.75) is 24.7 Å². The van der Waals surface area contributed by atoms with Crippen LogP contribution in [0.4, 0.5) is 0 Å². The molecule has 3 aromatic rings. The minimum atomic E-state index is 0.0509. The van der Waals surface area contributed by atoms with Crippen LogP contribution in [-0.2, 0) is 16.6 Å². The lowest BCUT2D eigenvalue weighted by atomic mass is 9.95. The monoisotopic (exact) mass is 338 g/mol. The molecule has 24 heavy (non-hydrogen) atoms. The number of carbonyl (C=O) groups is 1. The van der Waals surface area contributed by atoms with Gasteiger partial charge in [-0.05, 0) is 42.2 Å². The molecule has 2 aromatic carbocycles. The van der Waals surface area contributed by atoms with Crippen LogP contribution in [0.1, 0.15) is 24.0 Å². The highest BCUT2D eigenvalue weighted by Crippen LogP contribution is 2.50. The Morgan fingerprint density at radius 1 is 1.17 bits per heavy atom. The van der Waals surface area contributed by atoms with Gasteiger partial charge in [-0.3, -0.25) is 4.79 Å². The third kappa shape index (κ3) is 2.92. The molecule has 4 heteroatoms. The highest BCUT2D eigenvalue weighted by Gasteiger charge is 2.45. The predicted molar refractivity (Wildman–Crippen MR) is 97.4 cm³/mol. The molecule has 1 aliphatic carbocycles. The van der Waals surface area contributed by atoms with Gasteiger partial charge in [-0.15, -0.1) is 0 Å². The number of rotatable bonds is 5. The van der Waals surface area contributed by atoms with Crippen LogP contribution in [-0.4, -0.2) is 17.4 Å². The molecule has 122 valence electrons. The van der Waals surface area contributed by atoms with Crippen LogP contribution in [0.5, 0.6) is 0 Å². The third-order valence-corrected chi connectivity index (χ3v) is 5.14. The SMILES string of the molecule is O=C(Cc1ccccc1)NCC1(c2c[nH]c3ccc(Cl)cc23)CC1. The van der Waals surface area contributed by atoms with Crippen LogP contribution in [0.25, 0.3) is 10.9 Å². The Morgan fingerprint density at radius 2 is 1.96 bits per heavy atom. The molecule has 0 aliphatic heterocycles. The predicted octanol–water partition coefficient (Wildman–Crippen LogP) is 4.21. The van der Waals surface area contributed by atoms with Gasteiger partial charge in [0.15, 0.2) is 0 Å². The number of hydrogen-bond acceptors (Lipinski definition) is 1. The van der Waals surface area contributed by atoms with Crippen molar-refractivity contribution in [3.63, 3.8) is 0 Å². The molecule has 1 saturated carbocycles. The van der Waals surface area contributed by atoms with Gasteiger partial charge in [0.1, 0.15) is 0 Å². The summed E-state index contributed by atoms with van der Waals surface area (Å²) in [7, 11) is 0. The standard InChI is InChI=1S/C20H19ClN2O/c21-15-6-7-18-16(11-15)17(12-22-18)20(8-9-20)13-23-19(24)10-14-4-2-1-3-5-14/h1-7,11-12,22H,8-10,13H2,(H,23,24). The molecule has 4 rings (SSSR count). The summed E-state index contributed by atoms with van der Waals surface area (Å²) in [5.74, 6) is 0.0744. The molecule has 1 aromatic heterocycles. The molecule has 0 spiro atoms. The topological polar surface area (TPSA) is 44.9 Å². The minimum absolute atomic E-state index is 0.0509. The Hall–Kier alpha value is -2.26. The summed E-state index contributed by atoms with van der Waals surface area (Å²) in [4.78, 5) is 15.6. The summed E-state index contributed by atoms with van der Waals surface area (Å²) >= 11 is 6.15. The first-order chi connectivity index (χ1) is 11.7. The van der Waals surface area contributed by atoms with E-state index in [0.717, 1.165) is 34.3 Å². The van der Waals surface area contributed by atoms with Crippen molar-refractivity contribution >= 4 is 28.4 Å². The van der Waals surface area contributed by atoms with Crippen molar-refractivity contribution in [2.24, 2.45) is 0 Å². The zero-order valence-corrected chi connectivity index (χ0v) is 14.1. The van der Waals surface area contributed by atoms with Crippen LogP contribution in [0.3, 0.4) is 0 Å². The fraction of sp³-hybridized carbons (Fsp3) is 0.250. The fourth-order valence-corrected chi connectivity index (χ4v) is 3.51. The van der Waals surface area contributed by atoms with Crippen molar-refractivity contribution in [2.75, 3.05) is 6.54 Å². The normalized spacial score (nSPS) is 15.4. The summed E-state index contributed by atoms with van der Waals surface area (Å²) < 4.78 is 0. The number of nitrogens with one attached hydrogen (secondary N) is 2. The largest absolute Gasteiger partial charge is 0.361 e. The number of amides is 1. The second kappa shape index (κ2) is 5.99. The van der Waals surface area contributed by atoms with E-state index in [1.54, 1.807) is 0 Å². The third-order valence-electron chi connectivity index (χ3n) is 4.90. The molecule has 0 saturated heterocycles. The zero-order valence-electron chi connectivity index (χ0n) is 13.3. The van der Waals surface area contributed by atoms with Crippen LogP contribution < -0.4 is 5.32 Å². The molecule has 1 amide bonds. The summed E-state index contributed by atoms with van der Waals surface area (Å²) in [6, 6.07) is 15.7. The molecule has 1 aliphatic rings. The lowest BCUT2D eigenvalue weighted by Crippen LogP contribution is -2.33. The van der Waals surface area contributed by atoms with Gasteiger partial charge in [0.25, 0.3) is 0 Å².